The van der Waals surface area contributed by atoms with Gasteiger partial charge in [0, 0.05) is 17.8 Å². The number of carbonyl (C=O) groups excluding carboxylic acids is 2. The van der Waals surface area contributed by atoms with Gasteiger partial charge >= 0.3 is 0 Å². The zero-order valence-corrected chi connectivity index (χ0v) is 17.5. The van der Waals surface area contributed by atoms with Crippen LogP contribution in [0.1, 0.15) is 73.1 Å². The molecular weight excluding hydrogens is 364 g/mol. The number of anilines is 1. The van der Waals surface area contributed by atoms with E-state index in [9.17, 15) is 9.59 Å². The number of benzene rings is 2. The summed E-state index contributed by atoms with van der Waals surface area (Å²) in [5.41, 5.74) is 1.72. The Kier molecular flexibility index (Phi) is 9.76. The maximum atomic E-state index is 12.7. The van der Waals surface area contributed by atoms with Crippen molar-refractivity contribution in [1.29, 1.82) is 0 Å². The van der Waals surface area contributed by atoms with Crippen LogP contribution in [0.5, 0.6) is 5.75 Å². The second-order valence-corrected chi connectivity index (χ2v) is 7.05. The van der Waals surface area contributed by atoms with Gasteiger partial charge in [0.15, 0.2) is 0 Å². The van der Waals surface area contributed by atoms with Crippen LogP contribution in [0.25, 0.3) is 0 Å². The van der Waals surface area contributed by atoms with Gasteiger partial charge in [-0.1, -0.05) is 51.7 Å². The monoisotopic (exact) mass is 396 g/mol. The minimum atomic E-state index is -0.227. The van der Waals surface area contributed by atoms with Crippen LogP contribution in [-0.2, 0) is 0 Å². The quantitative estimate of drug-likeness (QED) is 0.470. The first-order chi connectivity index (χ1) is 14.2. The molecule has 2 amide bonds. The maximum Gasteiger partial charge on any atom is 0.259 e. The number of unbranched alkanes of at least 4 members (excludes halogenated alkanes) is 4. The molecule has 0 heterocycles. The molecule has 2 N–H and O–H groups in total. The van der Waals surface area contributed by atoms with Crippen molar-refractivity contribution in [2.24, 2.45) is 0 Å². The summed E-state index contributed by atoms with van der Waals surface area (Å²) in [5.74, 6) is 0.265. The van der Waals surface area contributed by atoms with Crippen molar-refractivity contribution in [3.63, 3.8) is 0 Å². The first-order valence-corrected chi connectivity index (χ1v) is 10.6. The van der Waals surface area contributed by atoms with E-state index in [-0.39, 0.29) is 11.8 Å². The van der Waals surface area contributed by atoms with Crippen LogP contribution in [-0.4, -0.2) is 25.0 Å². The van der Waals surface area contributed by atoms with Crippen molar-refractivity contribution in [2.75, 3.05) is 18.5 Å². The second kappa shape index (κ2) is 12.6. The molecule has 0 aromatic heterocycles. The number of nitrogens with one attached hydrogen (secondary N) is 2. The molecule has 0 radical (unpaired) electrons. The molecule has 29 heavy (non-hydrogen) atoms. The largest absolute Gasteiger partial charge is 0.493 e. The molecule has 0 bridgehead atoms. The Bertz CT molecular complexity index is 772. The van der Waals surface area contributed by atoms with E-state index in [1.807, 2.05) is 18.2 Å². The first-order valence-electron chi connectivity index (χ1n) is 10.6. The normalized spacial score (nSPS) is 10.4. The predicted molar refractivity (Wildman–Crippen MR) is 118 cm³/mol. The van der Waals surface area contributed by atoms with Crippen molar-refractivity contribution < 1.29 is 14.3 Å². The number of rotatable bonds is 12. The Balaban J connectivity index is 1.93. The van der Waals surface area contributed by atoms with E-state index >= 15 is 0 Å². The van der Waals surface area contributed by atoms with Crippen LogP contribution in [0.2, 0.25) is 0 Å². The maximum absolute atomic E-state index is 12.7. The fraction of sp³-hybridized carbons (Fsp3) is 0.417. The van der Waals surface area contributed by atoms with Crippen LogP contribution in [0.4, 0.5) is 5.69 Å². The molecule has 0 fully saturated rings. The van der Waals surface area contributed by atoms with Crippen molar-refractivity contribution in [1.82, 2.24) is 5.32 Å². The van der Waals surface area contributed by atoms with Gasteiger partial charge in [0.2, 0.25) is 0 Å². The summed E-state index contributed by atoms with van der Waals surface area (Å²) in [6.07, 6.45) is 6.47. The lowest BCUT2D eigenvalue weighted by Gasteiger charge is -2.12. The molecule has 0 unspecified atom stereocenters. The Morgan fingerprint density at radius 1 is 0.828 bits per heavy atom. The summed E-state index contributed by atoms with van der Waals surface area (Å²) in [4.78, 5) is 24.8. The molecule has 0 aliphatic carbocycles. The lowest BCUT2D eigenvalue weighted by atomic mass is 10.1. The Morgan fingerprint density at radius 2 is 1.55 bits per heavy atom. The standard InChI is InChI=1S/C24H32N2O3/c1-3-5-7-10-18-29-22-12-9-8-11-21(22)24(28)26-20-15-13-19(14-16-20)23(27)25-17-6-4-2/h8-9,11-16H,3-7,10,17-18H2,1-2H3,(H,25,27)(H,26,28). The van der Waals surface area contributed by atoms with Crippen molar-refractivity contribution in [2.45, 2.75) is 52.4 Å². The average Bonchev–Trinajstić information content (AvgIpc) is 2.74. The van der Waals surface area contributed by atoms with Crippen molar-refractivity contribution in [3.8, 4) is 5.75 Å². The third-order valence-electron chi connectivity index (χ3n) is 4.61. The van der Waals surface area contributed by atoms with Gasteiger partial charge < -0.3 is 15.4 Å². The zero-order valence-electron chi connectivity index (χ0n) is 17.5. The molecule has 0 aliphatic rings. The van der Waals surface area contributed by atoms with Crippen molar-refractivity contribution >= 4 is 17.5 Å². The molecule has 0 spiro atoms. The summed E-state index contributed by atoms with van der Waals surface area (Å²) in [5, 5.41) is 5.76. The number of carbonyl (C=O) groups is 2. The molecular formula is C24H32N2O3. The highest BCUT2D eigenvalue weighted by atomic mass is 16.5. The average molecular weight is 397 g/mol. The van der Waals surface area contributed by atoms with Gasteiger partial charge in [0.1, 0.15) is 5.75 Å². The fourth-order valence-electron chi connectivity index (χ4n) is 2.88. The zero-order chi connectivity index (χ0) is 20.9. The molecule has 2 aromatic rings. The van der Waals surface area contributed by atoms with E-state index in [1.165, 1.54) is 12.8 Å². The molecule has 0 atom stereocenters. The summed E-state index contributed by atoms with van der Waals surface area (Å²) >= 11 is 0. The summed E-state index contributed by atoms with van der Waals surface area (Å²) in [7, 11) is 0. The third-order valence-corrected chi connectivity index (χ3v) is 4.61. The third kappa shape index (κ3) is 7.60. The van der Waals surface area contributed by atoms with Gasteiger partial charge in [-0.25, -0.2) is 0 Å². The van der Waals surface area contributed by atoms with E-state index in [0.29, 0.717) is 35.7 Å². The number of para-hydroxylation sites is 1. The van der Waals surface area contributed by atoms with E-state index in [1.54, 1.807) is 30.3 Å². The molecule has 2 rings (SSSR count). The first kappa shape index (κ1) is 22.5. The highest BCUT2D eigenvalue weighted by Gasteiger charge is 2.13. The van der Waals surface area contributed by atoms with Gasteiger partial charge in [0.25, 0.3) is 11.8 Å². The molecule has 5 heteroatoms. The molecule has 5 nitrogen and oxygen atoms in total. The van der Waals surface area contributed by atoms with Crippen molar-refractivity contribution in [3.05, 3.63) is 59.7 Å². The Morgan fingerprint density at radius 3 is 2.28 bits per heavy atom. The van der Waals surface area contributed by atoms with Gasteiger partial charge in [-0.15, -0.1) is 0 Å². The molecule has 0 saturated carbocycles. The SMILES string of the molecule is CCCCCCOc1ccccc1C(=O)Nc1ccc(C(=O)NCCCC)cc1. The van der Waals surface area contributed by atoms with Gasteiger partial charge in [-0.05, 0) is 49.2 Å². The molecule has 0 aliphatic heterocycles. The molecule has 2 aromatic carbocycles. The van der Waals surface area contributed by atoms with E-state index in [0.717, 1.165) is 25.7 Å². The van der Waals surface area contributed by atoms with E-state index < -0.39 is 0 Å². The number of amides is 2. The molecule has 156 valence electrons. The lowest BCUT2D eigenvalue weighted by molar-refractivity contribution is 0.0952. The summed E-state index contributed by atoms with van der Waals surface area (Å²) in [6.45, 7) is 5.53. The number of hydrogen-bond donors (Lipinski definition) is 2. The highest BCUT2D eigenvalue weighted by Crippen LogP contribution is 2.20. The van der Waals surface area contributed by atoms with Crippen LogP contribution < -0.4 is 15.4 Å². The predicted octanol–water partition coefficient (Wildman–Crippen LogP) is 5.43. The van der Waals surface area contributed by atoms with Crippen LogP contribution in [0, 0.1) is 0 Å². The van der Waals surface area contributed by atoms with Gasteiger partial charge in [-0.2, -0.15) is 0 Å². The summed E-state index contributed by atoms with van der Waals surface area (Å²) in [6, 6.07) is 14.2. The van der Waals surface area contributed by atoms with Crippen LogP contribution in [0.15, 0.2) is 48.5 Å². The van der Waals surface area contributed by atoms with Crippen LogP contribution >= 0.6 is 0 Å². The molecule has 0 saturated heterocycles. The summed E-state index contributed by atoms with van der Waals surface area (Å²) < 4.78 is 5.83. The fourth-order valence-corrected chi connectivity index (χ4v) is 2.88. The van der Waals surface area contributed by atoms with Crippen LogP contribution in [0.3, 0.4) is 0 Å². The van der Waals surface area contributed by atoms with Gasteiger partial charge in [0.05, 0.1) is 12.2 Å². The number of hydrogen-bond acceptors (Lipinski definition) is 3. The topological polar surface area (TPSA) is 67.4 Å². The Labute approximate surface area is 173 Å². The van der Waals surface area contributed by atoms with E-state index in [2.05, 4.69) is 24.5 Å². The van der Waals surface area contributed by atoms with Gasteiger partial charge in [-0.3, -0.25) is 9.59 Å². The highest BCUT2D eigenvalue weighted by molar-refractivity contribution is 6.06. The minimum absolute atomic E-state index is 0.0989. The minimum Gasteiger partial charge on any atom is -0.493 e. The Hall–Kier alpha value is -2.82. The van der Waals surface area contributed by atoms with E-state index in [4.69, 9.17) is 4.74 Å². The second-order valence-electron chi connectivity index (χ2n) is 7.05. The number of ether oxygens (including phenoxy) is 1. The smallest absolute Gasteiger partial charge is 0.259 e. The lowest BCUT2D eigenvalue weighted by Crippen LogP contribution is -2.24.